The van der Waals surface area contributed by atoms with Gasteiger partial charge in [0, 0.05) is 18.8 Å². The normalized spacial score (nSPS) is 12.2. The lowest BCUT2D eigenvalue weighted by Crippen LogP contribution is -2.39. The van der Waals surface area contributed by atoms with Crippen LogP contribution in [0.15, 0.2) is 6.07 Å². The molecule has 1 unspecified atom stereocenters. The van der Waals surface area contributed by atoms with Crippen molar-refractivity contribution in [1.82, 2.24) is 20.4 Å². The van der Waals surface area contributed by atoms with Crippen molar-refractivity contribution in [2.75, 3.05) is 0 Å². The van der Waals surface area contributed by atoms with E-state index in [1.165, 1.54) is 0 Å². The summed E-state index contributed by atoms with van der Waals surface area (Å²) in [6, 6.07) is 2.46. The molecule has 0 bridgehead atoms. The maximum atomic E-state index is 5.18. The van der Waals surface area contributed by atoms with Crippen LogP contribution in [0.4, 0.5) is 0 Å². The van der Waals surface area contributed by atoms with Crippen molar-refractivity contribution in [3.63, 3.8) is 0 Å². The van der Waals surface area contributed by atoms with Gasteiger partial charge in [0.25, 0.3) is 0 Å². The van der Waals surface area contributed by atoms with Gasteiger partial charge in [-0.2, -0.15) is 5.10 Å². The minimum absolute atomic E-state index is 0.408. The fourth-order valence-corrected chi connectivity index (χ4v) is 1.54. The lowest BCUT2D eigenvalue weighted by atomic mass is 10.3. The van der Waals surface area contributed by atoms with Crippen LogP contribution < -0.4 is 10.6 Å². The number of aryl methyl sites for hydroxylation is 2. The third kappa shape index (κ3) is 3.81. The van der Waals surface area contributed by atoms with Crippen molar-refractivity contribution in [2.24, 2.45) is 7.05 Å². The van der Waals surface area contributed by atoms with Gasteiger partial charge in [0.05, 0.1) is 12.2 Å². The molecule has 0 aliphatic carbocycles. The van der Waals surface area contributed by atoms with Crippen LogP contribution in [0.1, 0.15) is 31.7 Å². The number of rotatable bonds is 4. The SMILES string of the molecule is CCC(C)NC(=S)NCc1cc(C)n(C)n1. The van der Waals surface area contributed by atoms with Crippen LogP contribution in [-0.4, -0.2) is 20.9 Å². The number of nitrogens with one attached hydrogen (secondary N) is 2. The molecule has 0 aromatic carbocycles. The summed E-state index contributed by atoms with van der Waals surface area (Å²) < 4.78 is 1.86. The Morgan fingerprint density at radius 2 is 2.31 bits per heavy atom. The van der Waals surface area contributed by atoms with Crippen LogP contribution in [-0.2, 0) is 13.6 Å². The zero-order valence-electron chi connectivity index (χ0n) is 10.4. The molecule has 16 heavy (non-hydrogen) atoms. The van der Waals surface area contributed by atoms with Crippen molar-refractivity contribution in [2.45, 2.75) is 39.8 Å². The van der Waals surface area contributed by atoms with Gasteiger partial charge in [-0.15, -0.1) is 0 Å². The molecule has 0 spiro atoms. The first-order valence-electron chi connectivity index (χ1n) is 5.56. The van der Waals surface area contributed by atoms with E-state index in [-0.39, 0.29) is 0 Å². The summed E-state index contributed by atoms with van der Waals surface area (Å²) in [5.74, 6) is 0. The molecule has 4 nitrogen and oxygen atoms in total. The Hall–Kier alpha value is -1.10. The van der Waals surface area contributed by atoms with E-state index in [0.717, 1.165) is 17.8 Å². The fraction of sp³-hybridized carbons (Fsp3) is 0.636. The summed E-state index contributed by atoms with van der Waals surface area (Å²) in [6.07, 6.45) is 1.06. The topological polar surface area (TPSA) is 41.9 Å². The number of hydrogen-bond acceptors (Lipinski definition) is 2. The third-order valence-electron chi connectivity index (χ3n) is 2.58. The molecule has 90 valence electrons. The summed E-state index contributed by atoms with van der Waals surface area (Å²) in [5, 5.41) is 11.4. The average Bonchev–Trinajstić information content (AvgIpc) is 2.55. The van der Waals surface area contributed by atoms with Gasteiger partial charge in [-0.05, 0) is 38.6 Å². The smallest absolute Gasteiger partial charge is 0.166 e. The van der Waals surface area contributed by atoms with E-state index < -0.39 is 0 Å². The third-order valence-corrected chi connectivity index (χ3v) is 2.85. The standard InChI is InChI=1S/C11H20N4S/c1-5-8(2)13-11(16)12-7-10-6-9(3)15(4)14-10/h6,8H,5,7H2,1-4H3,(H2,12,13,16). The van der Waals surface area contributed by atoms with Gasteiger partial charge in [-0.1, -0.05) is 6.92 Å². The van der Waals surface area contributed by atoms with E-state index >= 15 is 0 Å². The predicted octanol–water partition coefficient (Wildman–Crippen LogP) is 1.49. The molecule has 0 saturated heterocycles. The number of hydrogen-bond donors (Lipinski definition) is 2. The Morgan fingerprint density at radius 1 is 1.62 bits per heavy atom. The van der Waals surface area contributed by atoms with E-state index in [1.54, 1.807) is 0 Å². The van der Waals surface area contributed by atoms with Gasteiger partial charge >= 0.3 is 0 Å². The summed E-state index contributed by atoms with van der Waals surface area (Å²) in [6.45, 7) is 6.94. The van der Waals surface area contributed by atoms with Gasteiger partial charge in [-0.25, -0.2) is 0 Å². The molecule has 0 aliphatic rings. The Balaban J connectivity index is 2.37. The predicted molar refractivity (Wildman–Crippen MR) is 70.3 cm³/mol. The largest absolute Gasteiger partial charge is 0.360 e. The van der Waals surface area contributed by atoms with Gasteiger partial charge in [-0.3, -0.25) is 4.68 Å². The maximum Gasteiger partial charge on any atom is 0.166 e. The van der Waals surface area contributed by atoms with Crippen molar-refractivity contribution >= 4 is 17.3 Å². The highest BCUT2D eigenvalue weighted by Gasteiger charge is 2.03. The first-order valence-corrected chi connectivity index (χ1v) is 5.97. The van der Waals surface area contributed by atoms with E-state index in [2.05, 4.69) is 35.6 Å². The van der Waals surface area contributed by atoms with Crippen molar-refractivity contribution in [3.8, 4) is 0 Å². The Morgan fingerprint density at radius 3 is 2.81 bits per heavy atom. The summed E-state index contributed by atoms with van der Waals surface area (Å²) >= 11 is 5.18. The fourth-order valence-electron chi connectivity index (χ4n) is 1.27. The highest BCUT2D eigenvalue weighted by molar-refractivity contribution is 7.80. The second kappa shape index (κ2) is 5.84. The molecule has 1 aromatic rings. The van der Waals surface area contributed by atoms with Crippen molar-refractivity contribution < 1.29 is 0 Å². The molecule has 1 rings (SSSR count). The van der Waals surface area contributed by atoms with Gasteiger partial charge < -0.3 is 10.6 Å². The van der Waals surface area contributed by atoms with Crippen molar-refractivity contribution in [3.05, 3.63) is 17.5 Å². The van der Waals surface area contributed by atoms with E-state index in [0.29, 0.717) is 17.7 Å². The highest BCUT2D eigenvalue weighted by Crippen LogP contribution is 2.00. The second-order valence-electron chi connectivity index (χ2n) is 4.04. The molecule has 0 fully saturated rings. The van der Waals surface area contributed by atoms with E-state index in [9.17, 15) is 0 Å². The highest BCUT2D eigenvalue weighted by atomic mass is 32.1. The minimum Gasteiger partial charge on any atom is -0.360 e. The molecule has 0 amide bonds. The molecule has 1 heterocycles. The van der Waals surface area contributed by atoms with Crippen LogP contribution in [0.2, 0.25) is 0 Å². The first kappa shape index (κ1) is 13.0. The molecule has 0 aliphatic heterocycles. The van der Waals surface area contributed by atoms with Crippen LogP contribution in [0, 0.1) is 6.92 Å². The molecule has 0 radical (unpaired) electrons. The van der Waals surface area contributed by atoms with Crippen molar-refractivity contribution in [1.29, 1.82) is 0 Å². The first-order chi connectivity index (χ1) is 7.52. The number of thiocarbonyl (C=S) groups is 1. The Labute approximate surface area is 102 Å². The van der Waals surface area contributed by atoms with E-state index in [1.807, 2.05) is 18.7 Å². The number of aromatic nitrogens is 2. The zero-order chi connectivity index (χ0) is 12.1. The maximum absolute atomic E-state index is 5.18. The molecule has 0 saturated carbocycles. The van der Waals surface area contributed by atoms with Gasteiger partial charge in [0.1, 0.15) is 0 Å². The molecular formula is C11H20N4S. The van der Waals surface area contributed by atoms with Crippen LogP contribution in [0.25, 0.3) is 0 Å². The lowest BCUT2D eigenvalue weighted by molar-refractivity contribution is 0.629. The van der Waals surface area contributed by atoms with Crippen LogP contribution in [0.3, 0.4) is 0 Å². The molecule has 2 N–H and O–H groups in total. The number of nitrogens with zero attached hydrogens (tertiary/aromatic N) is 2. The Bertz CT molecular complexity index is 339. The van der Waals surface area contributed by atoms with Gasteiger partial charge in [0.2, 0.25) is 0 Å². The van der Waals surface area contributed by atoms with Crippen LogP contribution in [0.5, 0.6) is 0 Å². The van der Waals surface area contributed by atoms with E-state index in [4.69, 9.17) is 12.2 Å². The lowest BCUT2D eigenvalue weighted by Gasteiger charge is -2.14. The monoisotopic (exact) mass is 240 g/mol. The quantitative estimate of drug-likeness (QED) is 0.783. The average molecular weight is 240 g/mol. The van der Waals surface area contributed by atoms with Gasteiger partial charge in [0.15, 0.2) is 5.11 Å². The minimum atomic E-state index is 0.408. The summed E-state index contributed by atoms with van der Waals surface area (Å²) in [5.41, 5.74) is 2.16. The molecule has 1 aromatic heterocycles. The molecule has 1 atom stereocenters. The van der Waals surface area contributed by atoms with Crippen LogP contribution >= 0.6 is 12.2 Å². The molecular weight excluding hydrogens is 220 g/mol. The summed E-state index contributed by atoms with van der Waals surface area (Å²) in [4.78, 5) is 0. The zero-order valence-corrected chi connectivity index (χ0v) is 11.2. The Kier molecular flexibility index (Phi) is 4.73. The summed E-state index contributed by atoms with van der Waals surface area (Å²) in [7, 11) is 1.94. The molecule has 5 heteroatoms. The second-order valence-corrected chi connectivity index (χ2v) is 4.45.